The summed E-state index contributed by atoms with van der Waals surface area (Å²) < 4.78 is 0. The van der Waals surface area contributed by atoms with Crippen LogP contribution in [0.15, 0.2) is 78.9 Å². The summed E-state index contributed by atoms with van der Waals surface area (Å²) in [6.45, 7) is 14.4. The Kier molecular flexibility index (Phi) is 12.9. The standard InChI is InChI=1S/C23H24N2.C10H23N/c1-3-7-22(19-12-10-17(2)11-13-19)25-23-16-20(14-15-21(23)24)18-8-5-4-6-9-18;1-5-10(11-6-2)8-7-9(3)4/h4-16,25H,3,24H2,1-2H3;9-11H,5-8H2,1-4H3/b22-7+;. The van der Waals surface area contributed by atoms with Gasteiger partial charge in [-0.3, -0.25) is 0 Å². The first-order valence-corrected chi connectivity index (χ1v) is 13.6. The van der Waals surface area contributed by atoms with Gasteiger partial charge < -0.3 is 16.4 Å². The molecule has 1 unspecified atom stereocenters. The van der Waals surface area contributed by atoms with Gasteiger partial charge in [-0.15, -0.1) is 0 Å². The summed E-state index contributed by atoms with van der Waals surface area (Å²) >= 11 is 0. The monoisotopic (exact) mass is 485 g/mol. The maximum Gasteiger partial charge on any atom is 0.0624 e. The van der Waals surface area contributed by atoms with Gasteiger partial charge in [-0.1, -0.05) is 107 Å². The lowest BCUT2D eigenvalue weighted by Gasteiger charge is -2.16. The van der Waals surface area contributed by atoms with Gasteiger partial charge in [0.1, 0.15) is 0 Å². The molecule has 0 aliphatic carbocycles. The van der Waals surface area contributed by atoms with Crippen molar-refractivity contribution in [3.8, 4) is 11.1 Å². The van der Waals surface area contributed by atoms with Crippen LogP contribution in [0.1, 0.15) is 71.4 Å². The third-order valence-electron chi connectivity index (χ3n) is 6.28. The Labute approximate surface area is 220 Å². The molecule has 0 heterocycles. The van der Waals surface area contributed by atoms with Gasteiger partial charge in [0.25, 0.3) is 0 Å². The van der Waals surface area contributed by atoms with E-state index in [9.17, 15) is 0 Å². The summed E-state index contributed by atoms with van der Waals surface area (Å²) in [7, 11) is 0. The second-order valence-electron chi connectivity index (χ2n) is 9.82. The molecular formula is C33H47N3. The molecule has 0 spiro atoms. The number of aryl methyl sites for hydroxylation is 1. The van der Waals surface area contributed by atoms with Crippen molar-refractivity contribution in [3.63, 3.8) is 0 Å². The third-order valence-corrected chi connectivity index (χ3v) is 6.28. The SMILES string of the molecule is CC/C=C(/Nc1cc(-c2ccccc2)ccc1N)c1ccc(C)cc1.CCNC(CC)CCC(C)C. The van der Waals surface area contributed by atoms with Gasteiger partial charge in [0.05, 0.1) is 11.4 Å². The minimum Gasteiger partial charge on any atom is -0.397 e. The molecule has 0 radical (unpaired) electrons. The van der Waals surface area contributed by atoms with E-state index in [-0.39, 0.29) is 0 Å². The minimum atomic E-state index is 0.744. The Bertz CT molecular complexity index is 1040. The molecule has 3 aromatic rings. The van der Waals surface area contributed by atoms with E-state index < -0.39 is 0 Å². The zero-order chi connectivity index (χ0) is 26.3. The molecule has 3 aromatic carbocycles. The second-order valence-corrected chi connectivity index (χ2v) is 9.82. The van der Waals surface area contributed by atoms with Crippen LogP contribution in [-0.4, -0.2) is 12.6 Å². The first-order valence-electron chi connectivity index (χ1n) is 13.6. The number of rotatable bonds is 11. The highest BCUT2D eigenvalue weighted by Gasteiger charge is 2.07. The van der Waals surface area contributed by atoms with Crippen LogP contribution < -0.4 is 16.4 Å². The Morgan fingerprint density at radius 2 is 1.56 bits per heavy atom. The number of nitrogen functional groups attached to an aromatic ring is 1. The van der Waals surface area contributed by atoms with Gasteiger partial charge in [0.15, 0.2) is 0 Å². The number of allylic oxidation sites excluding steroid dienone is 1. The Hall–Kier alpha value is -3.04. The van der Waals surface area contributed by atoms with Crippen molar-refractivity contribution < 1.29 is 0 Å². The maximum atomic E-state index is 6.22. The molecule has 3 nitrogen and oxygen atoms in total. The predicted octanol–water partition coefficient (Wildman–Crippen LogP) is 8.92. The zero-order valence-corrected chi connectivity index (χ0v) is 23.3. The molecule has 3 heteroatoms. The van der Waals surface area contributed by atoms with E-state index in [0.29, 0.717) is 0 Å². The smallest absolute Gasteiger partial charge is 0.0624 e. The van der Waals surface area contributed by atoms with Crippen molar-refractivity contribution in [1.29, 1.82) is 0 Å². The zero-order valence-electron chi connectivity index (χ0n) is 23.3. The number of hydrogen-bond acceptors (Lipinski definition) is 3. The van der Waals surface area contributed by atoms with Crippen LogP contribution in [0.3, 0.4) is 0 Å². The molecule has 0 amide bonds. The lowest BCUT2D eigenvalue weighted by molar-refractivity contribution is 0.428. The average molecular weight is 486 g/mol. The lowest BCUT2D eigenvalue weighted by atomic mass is 10.0. The molecular weight excluding hydrogens is 438 g/mol. The fourth-order valence-electron chi connectivity index (χ4n) is 4.07. The molecule has 0 saturated heterocycles. The first kappa shape index (κ1) is 29.2. The molecule has 0 bridgehead atoms. The largest absolute Gasteiger partial charge is 0.397 e. The third kappa shape index (κ3) is 9.91. The molecule has 0 saturated carbocycles. The predicted molar refractivity (Wildman–Crippen MR) is 161 cm³/mol. The van der Waals surface area contributed by atoms with E-state index in [1.54, 1.807) is 0 Å². The van der Waals surface area contributed by atoms with Crippen molar-refractivity contribution in [2.24, 2.45) is 5.92 Å². The van der Waals surface area contributed by atoms with Crippen LogP contribution >= 0.6 is 0 Å². The summed E-state index contributed by atoms with van der Waals surface area (Å²) in [5, 5.41) is 7.02. The Morgan fingerprint density at radius 1 is 0.861 bits per heavy atom. The van der Waals surface area contributed by atoms with Crippen molar-refractivity contribution in [1.82, 2.24) is 5.32 Å². The quantitative estimate of drug-likeness (QED) is 0.238. The molecule has 194 valence electrons. The van der Waals surface area contributed by atoms with Crippen LogP contribution in [0.5, 0.6) is 0 Å². The summed E-state index contributed by atoms with van der Waals surface area (Å²) in [5.74, 6) is 0.850. The van der Waals surface area contributed by atoms with E-state index in [0.717, 1.165) is 53.1 Å². The van der Waals surface area contributed by atoms with Gasteiger partial charge in [-0.25, -0.2) is 0 Å². The van der Waals surface area contributed by atoms with Crippen molar-refractivity contribution >= 4 is 17.1 Å². The first-order chi connectivity index (χ1) is 17.4. The molecule has 4 N–H and O–H groups in total. The van der Waals surface area contributed by atoms with Gasteiger partial charge in [0.2, 0.25) is 0 Å². The molecule has 36 heavy (non-hydrogen) atoms. The van der Waals surface area contributed by atoms with Gasteiger partial charge in [-0.05, 0) is 73.9 Å². The normalized spacial score (nSPS) is 12.1. The van der Waals surface area contributed by atoms with Crippen molar-refractivity contribution in [2.75, 3.05) is 17.6 Å². The van der Waals surface area contributed by atoms with Crippen LogP contribution in [0.4, 0.5) is 11.4 Å². The van der Waals surface area contributed by atoms with Crippen LogP contribution in [0.25, 0.3) is 16.8 Å². The number of nitrogens with one attached hydrogen (secondary N) is 2. The van der Waals surface area contributed by atoms with E-state index >= 15 is 0 Å². The average Bonchev–Trinajstić information content (AvgIpc) is 2.89. The Morgan fingerprint density at radius 3 is 2.14 bits per heavy atom. The van der Waals surface area contributed by atoms with Gasteiger partial charge in [-0.2, -0.15) is 0 Å². The highest BCUT2D eigenvalue weighted by molar-refractivity contribution is 5.85. The van der Waals surface area contributed by atoms with Gasteiger partial charge >= 0.3 is 0 Å². The van der Waals surface area contributed by atoms with Crippen molar-refractivity contribution in [2.45, 2.75) is 73.3 Å². The number of anilines is 2. The summed E-state index contributed by atoms with van der Waals surface area (Å²) in [4.78, 5) is 0. The summed E-state index contributed by atoms with van der Waals surface area (Å²) in [5.41, 5.74) is 13.7. The van der Waals surface area contributed by atoms with Crippen LogP contribution in [0.2, 0.25) is 0 Å². The van der Waals surface area contributed by atoms with Crippen LogP contribution in [-0.2, 0) is 0 Å². The molecule has 3 rings (SSSR count). The highest BCUT2D eigenvalue weighted by Crippen LogP contribution is 2.30. The lowest BCUT2D eigenvalue weighted by Crippen LogP contribution is -2.28. The van der Waals surface area contributed by atoms with E-state index in [1.165, 1.54) is 30.4 Å². The molecule has 0 fully saturated rings. The summed E-state index contributed by atoms with van der Waals surface area (Å²) in [6, 6.07) is 25.8. The highest BCUT2D eigenvalue weighted by atomic mass is 14.9. The molecule has 0 aliphatic heterocycles. The Balaban J connectivity index is 0.000000352. The summed E-state index contributed by atoms with van der Waals surface area (Å²) in [6.07, 6.45) is 7.10. The fourth-order valence-corrected chi connectivity index (χ4v) is 4.07. The number of nitrogens with two attached hydrogens (primary N) is 1. The van der Waals surface area contributed by atoms with E-state index in [4.69, 9.17) is 5.73 Å². The van der Waals surface area contributed by atoms with Crippen LogP contribution in [0, 0.1) is 12.8 Å². The van der Waals surface area contributed by atoms with Crippen molar-refractivity contribution in [3.05, 3.63) is 90.0 Å². The van der Waals surface area contributed by atoms with E-state index in [1.807, 2.05) is 24.3 Å². The molecule has 0 aromatic heterocycles. The molecule has 1 atom stereocenters. The second kappa shape index (κ2) is 15.9. The number of hydrogen-bond donors (Lipinski definition) is 3. The maximum absolute atomic E-state index is 6.22. The topological polar surface area (TPSA) is 50.1 Å². The minimum absolute atomic E-state index is 0.744. The number of benzene rings is 3. The molecule has 0 aliphatic rings. The van der Waals surface area contributed by atoms with E-state index in [2.05, 4.69) is 107 Å². The van der Waals surface area contributed by atoms with Gasteiger partial charge in [0, 0.05) is 11.7 Å². The fraction of sp³-hybridized carbons (Fsp3) is 0.394.